The van der Waals surface area contributed by atoms with E-state index in [-0.39, 0.29) is 18.7 Å². The van der Waals surface area contributed by atoms with E-state index < -0.39 is 35.6 Å². The van der Waals surface area contributed by atoms with Gasteiger partial charge in [-0.25, -0.2) is 13.6 Å². The Kier molecular flexibility index (Phi) is 7.91. The van der Waals surface area contributed by atoms with Gasteiger partial charge < -0.3 is 25.4 Å². The summed E-state index contributed by atoms with van der Waals surface area (Å²) in [6.45, 7) is 2.76. The number of aromatic hydroxyl groups is 1. The molecule has 0 saturated carbocycles. The van der Waals surface area contributed by atoms with Crippen molar-refractivity contribution < 1.29 is 27.9 Å². The van der Waals surface area contributed by atoms with E-state index in [2.05, 4.69) is 23.5 Å². The van der Waals surface area contributed by atoms with Gasteiger partial charge in [0.05, 0.1) is 6.07 Å². The molecule has 4 N–H and O–H groups in total. The van der Waals surface area contributed by atoms with Crippen LogP contribution in [0, 0.1) is 11.6 Å². The predicted octanol–water partition coefficient (Wildman–Crippen LogP) is 3.11. The van der Waals surface area contributed by atoms with Crippen molar-refractivity contribution in [3.63, 3.8) is 0 Å². The van der Waals surface area contributed by atoms with E-state index in [0.717, 1.165) is 24.1 Å². The van der Waals surface area contributed by atoms with E-state index in [0.29, 0.717) is 12.1 Å². The molecule has 2 aromatic carbocycles. The normalized spacial score (nSPS) is 13.0. The summed E-state index contributed by atoms with van der Waals surface area (Å²) in [4.78, 5) is 12.4. The van der Waals surface area contributed by atoms with E-state index in [1.165, 1.54) is 17.7 Å². The van der Waals surface area contributed by atoms with Crippen molar-refractivity contribution in [2.75, 3.05) is 6.54 Å². The van der Waals surface area contributed by atoms with Gasteiger partial charge in [-0.05, 0) is 46.8 Å². The number of aromatic nitrogens is 1. The van der Waals surface area contributed by atoms with Crippen LogP contribution in [0.1, 0.15) is 34.2 Å². The van der Waals surface area contributed by atoms with Crippen molar-refractivity contribution >= 4 is 5.97 Å². The van der Waals surface area contributed by atoms with Crippen molar-refractivity contribution in [2.24, 2.45) is 5.73 Å². The lowest BCUT2D eigenvalue weighted by Crippen LogP contribution is -2.45. The maximum atomic E-state index is 13.5. The van der Waals surface area contributed by atoms with Gasteiger partial charge in [0, 0.05) is 25.2 Å². The van der Waals surface area contributed by atoms with Crippen molar-refractivity contribution in [3.05, 3.63) is 82.6 Å². The number of esters is 1. The molecule has 0 aliphatic heterocycles. The fraction of sp³-hybridized carbons (Fsp3) is 0.304. The van der Waals surface area contributed by atoms with Gasteiger partial charge in [0.2, 0.25) is 5.76 Å². The lowest BCUT2D eigenvalue weighted by Gasteiger charge is -2.24. The Labute approximate surface area is 184 Å². The molecule has 0 fully saturated rings. The highest BCUT2D eigenvalue weighted by Gasteiger charge is 2.25. The van der Waals surface area contributed by atoms with Crippen molar-refractivity contribution in [1.29, 1.82) is 0 Å². The highest BCUT2D eigenvalue weighted by molar-refractivity contribution is 5.86. The third-order valence-corrected chi connectivity index (χ3v) is 4.90. The van der Waals surface area contributed by atoms with Crippen LogP contribution in [0.3, 0.4) is 0 Å². The molecule has 3 aromatic rings. The number of halogens is 2. The summed E-state index contributed by atoms with van der Waals surface area (Å²) in [5.41, 5.74) is 8.83. The molecule has 2 atom stereocenters. The van der Waals surface area contributed by atoms with E-state index in [9.17, 15) is 18.7 Å². The maximum absolute atomic E-state index is 13.5. The first-order valence-electron chi connectivity index (χ1n) is 10.2. The van der Waals surface area contributed by atoms with Gasteiger partial charge in [-0.15, -0.1) is 0 Å². The van der Waals surface area contributed by atoms with Gasteiger partial charge in [0.25, 0.3) is 5.88 Å². The molecule has 3 rings (SSSR count). The number of carbonyl (C=O) groups is 1. The van der Waals surface area contributed by atoms with Crippen LogP contribution in [0.15, 0.2) is 53.1 Å². The SMILES string of the molecule is CCc1cccc(CNCC(OC(=O)c2cc(O)no2)C(N)Cc2cc(F)cc(F)c2)c1. The van der Waals surface area contributed by atoms with Crippen LogP contribution < -0.4 is 11.1 Å². The number of benzene rings is 2. The molecule has 170 valence electrons. The Hall–Kier alpha value is -3.30. The highest BCUT2D eigenvalue weighted by atomic mass is 19.1. The fourth-order valence-corrected chi connectivity index (χ4v) is 3.29. The number of carbonyl (C=O) groups excluding carboxylic acids is 1. The van der Waals surface area contributed by atoms with Crippen molar-refractivity contribution in [2.45, 2.75) is 38.5 Å². The third kappa shape index (κ3) is 6.60. The molecule has 1 heterocycles. The van der Waals surface area contributed by atoms with Crippen molar-refractivity contribution in [3.8, 4) is 5.88 Å². The van der Waals surface area contributed by atoms with Crippen LogP contribution in [-0.4, -0.2) is 34.9 Å². The fourth-order valence-electron chi connectivity index (χ4n) is 3.29. The lowest BCUT2D eigenvalue weighted by molar-refractivity contribution is 0.0194. The maximum Gasteiger partial charge on any atom is 0.377 e. The number of ether oxygens (including phenoxy) is 1. The van der Waals surface area contributed by atoms with Crippen LogP contribution in [0.4, 0.5) is 8.78 Å². The number of hydrogen-bond acceptors (Lipinski definition) is 7. The first kappa shape index (κ1) is 23.4. The molecule has 1 aromatic heterocycles. The first-order chi connectivity index (χ1) is 15.3. The molecule has 32 heavy (non-hydrogen) atoms. The molecule has 9 heteroatoms. The summed E-state index contributed by atoms with van der Waals surface area (Å²) in [5, 5.41) is 15.7. The summed E-state index contributed by atoms with van der Waals surface area (Å²) >= 11 is 0. The van der Waals surface area contributed by atoms with Crippen LogP contribution in [0.2, 0.25) is 0 Å². The van der Waals surface area contributed by atoms with Gasteiger partial charge in [-0.1, -0.05) is 31.2 Å². The van der Waals surface area contributed by atoms with Crippen LogP contribution in [-0.2, 0) is 24.1 Å². The Bertz CT molecular complexity index is 1040. The molecular weight excluding hydrogens is 420 g/mol. The molecule has 7 nitrogen and oxygen atoms in total. The first-order valence-corrected chi connectivity index (χ1v) is 10.2. The van der Waals surface area contributed by atoms with E-state index in [4.69, 9.17) is 15.0 Å². The molecule has 0 amide bonds. The summed E-state index contributed by atoms with van der Waals surface area (Å²) in [6, 6.07) is 11.4. The monoisotopic (exact) mass is 445 g/mol. The highest BCUT2D eigenvalue weighted by Crippen LogP contribution is 2.15. The average molecular weight is 445 g/mol. The molecule has 0 spiro atoms. The second kappa shape index (κ2) is 10.8. The quantitative estimate of drug-likeness (QED) is 0.411. The number of rotatable bonds is 10. The molecule has 0 saturated heterocycles. The Balaban J connectivity index is 1.69. The Morgan fingerprint density at radius 1 is 1.16 bits per heavy atom. The third-order valence-electron chi connectivity index (χ3n) is 4.90. The molecular formula is C23H25F2N3O4. The molecule has 0 aliphatic carbocycles. The number of hydrogen-bond donors (Lipinski definition) is 3. The second-order valence-corrected chi connectivity index (χ2v) is 7.44. The van der Waals surface area contributed by atoms with Crippen LogP contribution >= 0.6 is 0 Å². The van der Waals surface area contributed by atoms with E-state index in [1.807, 2.05) is 18.2 Å². The molecule has 2 unspecified atom stereocenters. The van der Waals surface area contributed by atoms with Gasteiger partial charge >= 0.3 is 5.97 Å². The molecule has 0 bridgehead atoms. The van der Waals surface area contributed by atoms with E-state index in [1.54, 1.807) is 0 Å². The minimum atomic E-state index is -0.863. The summed E-state index contributed by atoms with van der Waals surface area (Å²) in [7, 11) is 0. The zero-order valence-electron chi connectivity index (χ0n) is 17.6. The van der Waals surface area contributed by atoms with Gasteiger partial charge in [0.15, 0.2) is 0 Å². The number of aryl methyl sites for hydroxylation is 1. The standard InChI is InChI=1S/C23H25F2N3O4/c1-2-14-4-3-5-15(6-14)12-27-13-21(31-23(30)20-11-22(29)28-32-20)19(26)9-16-7-17(24)10-18(25)8-16/h3-8,10-11,19,21,27H,2,9,12-13,26H2,1H3,(H,28,29). The number of nitrogens with zero attached hydrogens (tertiary/aromatic N) is 1. The molecule has 0 aliphatic rings. The number of nitrogens with one attached hydrogen (secondary N) is 1. The summed E-state index contributed by atoms with van der Waals surface area (Å²) in [5.74, 6) is -3.04. The van der Waals surface area contributed by atoms with Gasteiger partial charge in [-0.3, -0.25) is 0 Å². The van der Waals surface area contributed by atoms with Crippen LogP contribution in [0.25, 0.3) is 0 Å². The van der Waals surface area contributed by atoms with Crippen molar-refractivity contribution in [1.82, 2.24) is 10.5 Å². The summed E-state index contributed by atoms with van der Waals surface area (Å²) in [6.07, 6.45) is 0.129. The van der Waals surface area contributed by atoms with Crippen LogP contribution in [0.5, 0.6) is 5.88 Å². The average Bonchev–Trinajstić information content (AvgIpc) is 3.18. The Morgan fingerprint density at radius 2 is 1.88 bits per heavy atom. The minimum absolute atomic E-state index is 0.0707. The zero-order valence-corrected chi connectivity index (χ0v) is 17.6. The smallest absolute Gasteiger partial charge is 0.377 e. The molecule has 0 radical (unpaired) electrons. The topological polar surface area (TPSA) is 111 Å². The number of nitrogens with two attached hydrogens (primary N) is 1. The second-order valence-electron chi connectivity index (χ2n) is 7.44. The van der Waals surface area contributed by atoms with E-state index >= 15 is 0 Å². The van der Waals surface area contributed by atoms with Gasteiger partial charge in [-0.2, -0.15) is 0 Å². The lowest BCUT2D eigenvalue weighted by atomic mass is 10.0. The minimum Gasteiger partial charge on any atom is -0.491 e. The predicted molar refractivity (Wildman–Crippen MR) is 113 cm³/mol. The summed E-state index contributed by atoms with van der Waals surface area (Å²) < 4.78 is 37.3. The van der Waals surface area contributed by atoms with Gasteiger partial charge in [0.1, 0.15) is 17.7 Å². The Morgan fingerprint density at radius 3 is 2.53 bits per heavy atom. The zero-order chi connectivity index (χ0) is 23.1. The largest absolute Gasteiger partial charge is 0.491 e.